The molecule has 6 heteroatoms. The van der Waals surface area contributed by atoms with Crippen LogP contribution in [0.2, 0.25) is 5.02 Å². The van der Waals surface area contributed by atoms with E-state index in [9.17, 15) is 4.79 Å². The molecule has 0 radical (unpaired) electrons. The molecule has 2 N–H and O–H groups in total. The van der Waals surface area contributed by atoms with Crippen LogP contribution in [0.5, 0.6) is 0 Å². The van der Waals surface area contributed by atoms with Gasteiger partial charge in [-0.3, -0.25) is 4.79 Å². The number of carbonyl (C=O) groups excluding carboxylic acids is 1. The van der Waals surface area contributed by atoms with Crippen molar-refractivity contribution in [3.8, 4) is 0 Å². The van der Waals surface area contributed by atoms with Crippen LogP contribution >= 0.6 is 11.6 Å². The Hall–Kier alpha value is -3.31. The summed E-state index contributed by atoms with van der Waals surface area (Å²) in [5.41, 5.74) is 6.66. The molecule has 1 aliphatic carbocycles. The molecule has 2 atom stereocenters. The molecule has 5 rings (SSSR count). The van der Waals surface area contributed by atoms with Crippen molar-refractivity contribution in [2.24, 2.45) is 0 Å². The Bertz CT molecular complexity index is 1280. The molecule has 3 aromatic carbocycles. The lowest BCUT2D eigenvalue weighted by molar-refractivity contribution is -0.116. The van der Waals surface area contributed by atoms with E-state index in [1.165, 1.54) is 6.07 Å². The highest BCUT2D eigenvalue weighted by molar-refractivity contribution is 6.31. The van der Waals surface area contributed by atoms with Gasteiger partial charge in [-0.05, 0) is 66.8 Å². The molecule has 0 aromatic heterocycles. The normalized spacial score (nSPS) is 19.5. The fourth-order valence-corrected chi connectivity index (χ4v) is 5.22. The van der Waals surface area contributed by atoms with Crippen molar-refractivity contribution in [2.75, 3.05) is 29.6 Å². The minimum atomic E-state index is -0.677. The highest BCUT2D eigenvalue weighted by Crippen LogP contribution is 2.46. The fourth-order valence-electron chi connectivity index (χ4n) is 4.94. The third-order valence-corrected chi connectivity index (χ3v) is 7.06. The second kappa shape index (κ2) is 8.80. The molecule has 2 unspecified atom stereocenters. The number of Topliss-reactive ketones (excluding diaryl/α,β-unsaturated/α-hetero) is 1. The van der Waals surface area contributed by atoms with Crippen LogP contribution in [-0.2, 0) is 4.79 Å². The maximum Gasteiger partial charge on any atom is 0.163 e. The Kier molecular flexibility index (Phi) is 5.82. The van der Waals surface area contributed by atoms with Crippen LogP contribution in [0.3, 0.4) is 0 Å². The van der Waals surface area contributed by atoms with Gasteiger partial charge in [0.15, 0.2) is 5.78 Å². The lowest BCUT2D eigenvalue weighted by atomic mass is 9.78. The standard InChI is InChI=1S/C28H27ClFN3O/c1-16-7-12-22-23(13-16)32-28(26-20(29)5-4-6-21(26)30)27-24(31-22)14-18(15-25(27)34)17-8-10-19(11-9-17)33(2)3/h4-13,18,28,31-32H,14-15H2,1-3H3. The van der Waals surface area contributed by atoms with Crippen LogP contribution < -0.4 is 15.5 Å². The molecule has 174 valence electrons. The predicted molar refractivity (Wildman–Crippen MR) is 137 cm³/mol. The highest BCUT2D eigenvalue weighted by atomic mass is 35.5. The average Bonchev–Trinajstić information content (AvgIpc) is 2.95. The van der Waals surface area contributed by atoms with Gasteiger partial charge in [0.25, 0.3) is 0 Å². The zero-order valence-electron chi connectivity index (χ0n) is 19.5. The van der Waals surface area contributed by atoms with E-state index in [-0.39, 0.29) is 11.7 Å². The van der Waals surface area contributed by atoms with Crippen LogP contribution in [0.1, 0.15) is 41.5 Å². The summed E-state index contributed by atoms with van der Waals surface area (Å²) in [7, 11) is 4.01. The number of allylic oxidation sites excluding steroid dienone is 1. The van der Waals surface area contributed by atoms with E-state index >= 15 is 4.39 Å². The molecule has 4 nitrogen and oxygen atoms in total. The van der Waals surface area contributed by atoms with Gasteiger partial charge in [-0.2, -0.15) is 0 Å². The minimum Gasteiger partial charge on any atom is -0.378 e. The van der Waals surface area contributed by atoms with Crippen molar-refractivity contribution in [3.05, 3.63) is 99.5 Å². The molecule has 0 saturated carbocycles. The molecule has 0 saturated heterocycles. The molecular weight excluding hydrogens is 449 g/mol. The molecule has 34 heavy (non-hydrogen) atoms. The molecule has 3 aromatic rings. The fraction of sp³-hybridized carbons (Fsp3) is 0.250. The topological polar surface area (TPSA) is 44.4 Å². The number of benzene rings is 3. The van der Waals surface area contributed by atoms with Crippen LogP contribution in [0.4, 0.5) is 21.5 Å². The van der Waals surface area contributed by atoms with Crippen molar-refractivity contribution in [3.63, 3.8) is 0 Å². The number of carbonyl (C=O) groups is 1. The van der Waals surface area contributed by atoms with Crippen molar-refractivity contribution < 1.29 is 9.18 Å². The molecule has 0 amide bonds. The molecule has 2 aliphatic rings. The summed E-state index contributed by atoms with van der Waals surface area (Å²) in [6.45, 7) is 2.00. The van der Waals surface area contributed by atoms with Crippen LogP contribution in [0, 0.1) is 12.7 Å². The second-order valence-electron chi connectivity index (χ2n) is 9.29. The van der Waals surface area contributed by atoms with Gasteiger partial charge >= 0.3 is 0 Å². The number of hydrogen-bond acceptors (Lipinski definition) is 4. The van der Waals surface area contributed by atoms with E-state index in [2.05, 4.69) is 39.8 Å². The lowest BCUT2D eigenvalue weighted by Gasteiger charge is -2.30. The Morgan fingerprint density at radius 2 is 1.76 bits per heavy atom. The smallest absolute Gasteiger partial charge is 0.163 e. The van der Waals surface area contributed by atoms with Crippen molar-refractivity contribution in [2.45, 2.75) is 31.7 Å². The van der Waals surface area contributed by atoms with Gasteiger partial charge in [-0.1, -0.05) is 35.9 Å². The van der Waals surface area contributed by atoms with Crippen LogP contribution in [0.15, 0.2) is 71.9 Å². The first kappa shape index (κ1) is 22.5. The number of nitrogens with one attached hydrogen (secondary N) is 2. The van der Waals surface area contributed by atoms with E-state index in [0.29, 0.717) is 29.0 Å². The average molecular weight is 476 g/mol. The number of nitrogens with zero attached hydrogens (tertiary/aromatic N) is 1. The molecule has 1 aliphatic heterocycles. The highest BCUT2D eigenvalue weighted by Gasteiger charge is 2.37. The van der Waals surface area contributed by atoms with Crippen molar-refractivity contribution in [1.82, 2.24) is 0 Å². The van der Waals surface area contributed by atoms with E-state index in [1.54, 1.807) is 12.1 Å². The first-order valence-electron chi connectivity index (χ1n) is 11.4. The first-order valence-corrected chi connectivity index (χ1v) is 11.8. The van der Waals surface area contributed by atoms with Gasteiger partial charge in [-0.25, -0.2) is 4.39 Å². The van der Waals surface area contributed by atoms with Crippen molar-refractivity contribution >= 4 is 34.4 Å². The summed E-state index contributed by atoms with van der Waals surface area (Å²) in [5.74, 6) is -0.391. The monoisotopic (exact) mass is 475 g/mol. The summed E-state index contributed by atoms with van der Waals surface area (Å²) in [4.78, 5) is 15.7. The zero-order chi connectivity index (χ0) is 24.0. The van der Waals surface area contributed by atoms with Crippen molar-refractivity contribution in [1.29, 1.82) is 0 Å². The number of halogens is 2. The molecular formula is C28H27ClFN3O. The maximum absolute atomic E-state index is 15.1. The van der Waals surface area contributed by atoms with E-state index in [0.717, 1.165) is 33.9 Å². The summed E-state index contributed by atoms with van der Waals surface area (Å²) in [5, 5.41) is 7.24. The summed E-state index contributed by atoms with van der Waals surface area (Å²) < 4.78 is 15.1. The molecule has 0 spiro atoms. The lowest BCUT2D eigenvalue weighted by Crippen LogP contribution is -2.27. The van der Waals surface area contributed by atoms with Crippen LogP contribution in [0.25, 0.3) is 0 Å². The third-order valence-electron chi connectivity index (χ3n) is 6.73. The SMILES string of the molecule is Cc1ccc2c(c1)NC(c1c(F)cccc1Cl)C1=C(CC(c3ccc(N(C)C)cc3)CC1=O)N2. The summed E-state index contributed by atoms with van der Waals surface area (Å²) >= 11 is 6.48. The molecule has 0 fully saturated rings. The number of aryl methyl sites for hydroxylation is 1. The van der Waals surface area contributed by atoms with Crippen LogP contribution in [-0.4, -0.2) is 19.9 Å². The van der Waals surface area contributed by atoms with E-state index < -0.39 is 11.9 Å². The van der Waals surface area contributed by atoms with Gasteiger partial charge in [0, 0.05) is 48.1 Å². The van der Waals surface area contributed by atoms with Gasteiger partial charge in [-0.15, -0.1) is 0 Å². The Balaban J connectivity index is 1.61. The molecule has 0 bridgehead atoms. The number of rotatable bonds is 3. The molecule has 1 heterocycles. The predicted octanol–water partition coefficient (Wildman–Crippen LogP) is 6.83. The van der Waals surface area contributed by atoms with Gasteiger partial charge in [0.2, 0.25) is 0 Å². The van der Waals surface area contributed by atoms with Gasteiger partial charge in [0.1, 0.15) is 5.82 Å². The number of hydrogen-bond donors (Lipinski definition) is 2. The minimum absolute atomic E-state index is 0.00298. The summed E-state index contributed by atoms with van der Waals surface area (Å²) in [6, 6.07) is 18.3. The zero-order valence-corrected chi connectivity index (χ0v) is 20.2. The Morgan fingerprint density at radius 3 is 2.47 bits per heavy atom. The van der Waals surface area contributed by atoms with E-state index in [1.807, 2.05) is 39.2 Å². The first-order chi connectivity index (χ1) is 16.3. The van der Waals surface area contributed by atoms with E-state index in [4.69, 9.17) is 11.6 Å². The number of fused-ring (bicyclic) bond motifs is 1. The summed E-state index contributed by atoms with van der Waals surface area (Å²) in [6.07, 6.45) is 1.02. The number of ketones is 1. The second-order valence-corrected chi connectivity index (χ2v) is 9.70. The largest absolute Gasteiger partial charge is 0.378 e. The van der Waals surface area contributed by atoms with Gasteiger partial charge < -0.3 is 15.5 Å². The maximum atomic E-state index is 15.1. The van der Waals surface area contributed by atoms with Gasteiger partial charge in [0.05, 0.1) is 17.4 Å². The Labute approximate surface area is 204 Å². The number of anilines is 3. The quantitative estimate of drug-likeness (QED) is 0.435. The Morgan fingerprint density at radius 1 is 1.00 bits per heavy atom. The third kappa shape index (κ3) is 4.05.